The van der Waals surface area contributed by atoms with E-state index in [-0.39, 0.29) is 11.6 Å². The molecule has 5 rings (SSSR count). The highest BCUT2D eigenvalue weighted by molar-refractivity contribution is 6.37. The molecule has 1 saturated carbocycles. The maximum absolute atomic E-state index is 12.5. The second kappa shape index (κ2) is 7.17. The van der Waals surface area contributed by atoms with E-state index in [1.807, 2.05) is 30.3 Å². The number of aromatic amines is 1. The molecular weight excluding hydrogens is 362 g/mol. The summed E-state index contributed by atoms with van der Waals surface area (Å²) < 4.78 is 0. The molecule has 2 aliphatic rings. The van der Waals surface area contributed by atoms with Crippen LogP contribution in [0.25, 0.3) is 16.5 Å². The van der Waals surface area contributed by atoms with E-state index in [0.717, 1.165) is 47.9 Å². The Morgan fingerprint density at radius 3 is 2.38 bits per heavy atom. The molecule has 1 fully saturated rings. The highest BCUT2D eigenvalue weighted by Gasteiger charge is 2.33. The van der Waals surface area contributed by atoms with Crippen LogP contribution in [0.3, 0.4) is 0 Å². The van der Waals surface area contributed by atoms with E-state index in [4.69, 9.17) is 0 Å². The van der Waals surface area contributed by atoms with Crippen LogP contribution < -0.4 is 5.32 Å². The average Bonchev–Trinajstić information content (AvgIpc) is 3.29. The standard InChI is InChI=1S/C24H21N3O2/c28-23-21(19-14-25-20-9-5-4-8-18(19)20)22(24(29)27-23)26-17-12-10-16(11-13-17)15-6-2-1-3-7-15/h1-9,14,16,25H,10-13H2,(H,27,28,29). The number of carbonyl (C=O) groups is 2. The van der Waals surface area contributed by atoms with Gasteiger partial charge >= 0.3 is 0 Å². The van der Waals surface area contributed by atoms with Gasteiger partial charge in [0.15, 0.2) is 0 Å². The number of fused-ring (bicyclic) bond motifs is 1. The van der Waals surface area contributed by atoms with Gasteiger partial charge in [0.05, 0.1) is 5.57 Å². The number of aromatic nitrogens is 1. The number of nitrogens with zero attached hydrogens (tertiary/aromatic N) is 1. The minimum Gasteiger partial charge on any atom is -0.361 e. The predicted molar refractivity (Wildman–Crippen MR) is 113 cm³/mol. The van der Waals surface area contributed by atoms with Gasteiger partial charge in [-0.15, -0.1) is 0 Å². The van der Waals surface area contributed by atoms with E-state index in [1.54, 1.807) is 6.20 Å². The molecule has 0 atom stereocenters. The number of benzene rings is 2. The minimum atomic E-state index is -0.409. The topological polar surface area (TPSA) is 74.3 Å². The summed E-state index contributed by atoms with van der Waals surface area (Å²) in [5, 5.41) is 3.34. The first-order valence-corrected chi connectivity index (χ1v) is 9.98. The van der Waals surface area contributed by atoms with Crippen molar-refractivity contribution in [2.75, 3.05) is 0 Å². The molecule has 1 aliphatic carbocycles. The lowest BCUT2D eigenvalue weighted by molar-refractivity contribution is -0.123. The molecule has 0 spiro atoms. The molecular formula is C24H21N3O2. The van der Waals surface area contributed by atoms with E-state index in [9.17, 15) is 9.59 Å². The quantitative estimate of drug-likeness (QED) is 0.661. The lowest BCUT2D eigenvalue weighted by atomic mass is 9.83. The van der Waals surface area contributed by atoms with Crippen molar-refractivity contribution in [1.82, 2.24) is 10.3 Å². The molecule has 0 saturated heterocycles. The first kappa shape index (κ1) is 17.6. The van der Waals surface area contributed by atoms with Crippen LogP contribution in [0, 0.1) is 0 Å². The largest absolute Gasteiger partial charge is 0.361 e. The Hall–Kier alpha value is -3.47. The highest BCUT2D eigenvalue weighted by Crippen LogP contribution is 2.34. The number of hydrogen-bond acceptors (Lipinski definition) is 3. The molecule has 0 radical (unpaired) electrons. The third kappa shape index (κ3) is 3.18. The Labute approximate surface area is 168 Å². The zero-order valence-electron chi connectivity index (χ0n) is 15.9. The zero-order chi connectivity index (χ0) is 19.8. The molecule has 29 heavy (non-hydrogen) atoms. The van der Waals surface area contributed by atoms with Gasteiger partial charge in [0.2, 0.25) is 0 Å². The molecule has 3 aromatic rings. The first-order chi connectivity index (χ1) is 14.2. The summed E-state index contributed by atoms with van der Waals surface area (Å²) in [4.78, 5) is 32.9. The fraction of sp³-hybridized carbons (Fsp3) is 0.208. The molecule has 0 bridgehead atoms. The number of hydrogen-bond donors (Lipinski definition) is 2. The molecule has 2 amide bonds. The van der Waals surface area contributed by atoms with Gasteiger partial charge in [0, 0.05) is 28.4 Å². The fourth-order valence-electron chi connectivity index (χ4n) is 4.36. The summed E-state index contributed by atoms with van der Waals surface area (Å²) >= 11 is 0. The van der Waals surface area contributed by atoms with Gasteiger partial charge in [-0.25, -0.2) is 0 Å². The Morgan fingerprint density at radius 2 is 1.59 bits per heavy atom. The lowest BCUT2D eigenvalue weighted by Gasteiger charge is -2.23. The van der Waals surface area contributed by atoms with Crippen molar-refractivity contribution in [3.05, 3.63) is 77.6 Å². The van der Waals surface area contributed by atoms with Gasteiger partial charge in [-0.1, -0.05) is 48.5 Å². The second-order valence-electron chi connectivity index (χ2n) is 7.62. The summed E-state index contributed by atoms with van der Waals surface area (Å²) in [6, 6.07) is 18.3. The van der Waals surface area contributed by atoms with E-state index < -0.39 is 5.91 Å². The van der Waals surface area contributed by atoms with Gasteiger partial charge in [-0.3, -0.25) is 19.9 Å². The Morgan fingerprint density at radius 1 is 0.862 bits per heavy atom. The van der Waals surface area contributed by atoms with Crippen molar-refractivity contribution >= 4 is 34.0 Å². The van der Waals surface area contributed by atoms with Crippen molar-refractivity contribution in [1.29, 1.82) is 0 Å². The number of amides is 2. The van der Waals surface area contributed by atoms with Crippen molar-refractivity contribution in [3.8, 4) is 0 Å². The Kier molecular flexibility index (Phi) is 4.35. The van der Waals surface area contributed by atoms with Gasteiger partial charge in [-0.05, 0) is 43.2 Å². The number of nitrogens with one attached hydrogen (secondary N) is 2. The number of para-hydroxylation sites is 1. The Balaban J connectivity index is 1.47. The van der Waals surface area contributed by atoms with Crippen LogP contribution in [0.5, 0.6) is 0 Å². The van der Waals surface area contributed by atoms with Crippen LogP contribution in [0.15, 0.2) is 71.5 Å². The van der Waals surface area contributed by atoms with Gasteiger partial charge in [0.25, 0.3) is 11.8 Å². The summed E-state index contributed by atoms with van der Waals surface area (Å²) in [5.74, 6) is -0.263. The number of aliphatic imine (C=N–C) groups is 1. The molecule has 2 N–H and O–H groups in total. The minimum absolute atomic E-state index is 0.243. The Bertz CT molecular complexity index is 1160. The van der Waals surface area contributed by atoms with E-state index >= 15 is 0 Å². The third-order valence-electron chi connectivity index (χ3n) is 5.87. The van der Waals surface area contributed by atoms with E-state index in [1.165, 1.54) is 5.56 Å². The third-order valence-corrected chi connectivity index (χ3v) is 5.87. The van der Waals surface area contributed by atoms with Crippen LogP contribution in [0.2, 0.25) is 0 Å². The number of imide groups is 1. The van der Waals surface area contributed by atoms with Crippen LogP contribution in [0.4, 0.5) is 0 Å². The van der Waals surface area contributed by atoms with Gasteiger partial charge in [0.1, 0.15) is 5.70 Å². The van der Waals surface area contributed by atoms with Crippen molar-refractivity contribution in [2.45, 2.75) is 31.6 Å². The van der Waals surface area contributed by atoms with Crippen molar-refractivity contribution in [3.63, 3.8) is 0 Å². The summed E-state index contributed by atoms with van der Waals surface area (Å²) in [7, 11) is 0. The number of H-pyrrole nitrogens is 1. The molecule has 1 aromatic heterocycles. The van der Waals surface area contributed by atoms with Crippen LogP contribution in [-0.4, -0.2) is 22.5 Å². The highest BCUT2D eigenvalue weighted by atomic mass is 16.2. The zero-order valence-corrected chi connectivity index (χ0v) is 15.9. The predicted octanol–water partition coefficient (Wildman–Crippen LogP) is 4.33. The molecule has 1 aliphatic heterocycles. The van der Waals surface area contributed by atoms with Crippen LogP contribution in [-0.2, 0) is 9.59 Å². The molecule has 2 heterocycles. The van der Waals surface area contributed by atoms with Crippen LogP contribution >= 0.6 is 0 Å². The number of carbonyl (C=O) groups excluding carboxylic acids is 2. The number of rotatable bonds is 3. The van der Waals surface area contributed by atoms with Gasteiger partial charge in [-0.2, -0.15) is 0 Å². The lowest BCUT2D eigenvalue weighted by Crippen LogP contribution is -2.23. The molecule has 0 unspecified atom stereocenters. The van der Waals surface area contributed by atoms with Gasteiger partial charge < -0.3 is 4.98 Å². The molecule has 2 aromatic carbocycles. The van der Waals surface area contributed by atoms with Crippen LogP contribution in [0.1, 0.15) is 42.7 Å². The smallest absolute Gasteiger partial charge is 0.277 e. The van der Waals surface area contributed by atoms with Crippen molar-refractivity contribution < 1.29 is 9.59 Å². The summed E-state index contributed by atoms with van der Waals surface area (Å²) in [5.41, 5.74) is 4.62. The monoisotopic (exact) mass is 383 g/mol. The normalized spacial score (nSPS) is 19.7. The maximum atomic E-state index is 12.5. The molecule has 144 valence electrons. The van der Waals surface area contributed by atoms with E-state index in [2.05, 4.69) is 39.6 Å². The maximum Gasteiger partial charge on any atom is 0.277 e. The second-order valence-corrected chi connectivity index (χ2v) is 7.62. The SMILES string of the molecule is O=C1NC(=O)C(c2c[nH]c3ccccc23)=C1N=C1CCC(c2ccccc2)CC1. The fourth-order valence-corrected chi connectivity index (χ4v) is 4.36. The summed E-state index contributed by atoms with van der Waals surface area (Å²) in [6.45, 7) is 0. The van der Waals surface area contributed by atoms with Crippen molar-refractivity contribution in [2.24, 2.45) is 4.99 Å². The summed E-state index contributed by atoms with van der Waals surface area (Å²) in [6.07, 6.45) is 5.48. The average molecular weight is 383 g/mol. The van der Waals surface area contributed by atoms with E-state index in [0.29, 0.717) is 11.5 Å². The molecule has 5 heteroatoms. The molecule has 5 nitrogen and oxygen atoms in total. The first-order valence-electron chi connectivity index (χ1n) is 9.98.